The summed E-state index contributed by atoms with van der Waals surface area (Å²) in [6, 6.07) is -1.15. The van der Waals surface area contributed by atoms with Gasteiger partial charge in [0.15, 0.2) is 0 Å². The second kappa shape index (κ2) is 5.91. The lowest BCUT2D eigenvalue weighted by atomic mass is 9.76. The molecule has 1 amide bonds. The van der Waals surface area contributed by atoms with Gasteiger partial charge in [-0.25, -0.2) is 0 Å². The molecule has 0 saturated heterocycles. The Labute approximate surface area is 105 Å². The topological polar surface area (TPSA) is 55.1 Å². The number of carbonyl (C=O) groups excluding carboxylic acids is 1. The Hall–Kier alpha value is -0.780. The van der Waals surface area contributed by atoms with Gasteiger partial charge in [-0.1, -0.05) is 13.3 Å². The Morgan fingerprint density at radius 1 is 1.44 bits per heavy atom. The Bertz CT molecular complexity index is 284. The number of alkyl halides is 3. The van der Waals surface area contributed by atoms with Gasteiger partial charge in [-0.3, -0.25) is 4.79 Å². The van der Waals surface area contributed by atoms with Crippen LogP contribution in [0.15, 0.2) is 0 Å². The van der Waals surface area contributed by atoms with Crippen molar-refractivity contribution < 1.29 is 18.0 Å². The SMILES string of the molecule is CC(CC(F)(F)F)NC(=O)C1C(C)CCCC1N. The van der Waals surface area contributed by atoms with Crippen LogP contribution in [0.2, 0.25) is 0 Å². The van der Waals surface area contributed by atoms with E-state index in [1.807, 2.05) is 6.92 Å². The zero-order valence-electron chi connectivity index (χ0n) is 10.8. The second-order valence-corrected chi connectivity index (χ2v) is 5.33. The van der Waals surface area contributed by atoms with Gasteiger partial charge in [0.2, 0.25) is 5.91 Å². The molecule has 0 heterocycles. The average Bonchev–Trinajstić information content (AvgIpc) is 2.13. The number of nitrogens with one attached hydrogen (secondary N) is 1. The van der Waals surface area contributed by atoms with E-state index in [1.165, 1.54) is 6.92 Å². The summed E-state index contributed by atoms with van der Waals surface area (Å²) in [5.41, 5.74) is 5.89. The fraction of sp³-hybridized carbons (Fsp3) is 0.917. The van der Waals surface area contributed by atoms with Crippen molar-refractivity contribution in [2.75, 3.05) is 0 Å². The molecule has 4 unspecified atom stereocenters. The quantitative estimate of drug-likeness (QED) is 0.823. The van der Waals surface area contributed by atoms with Crippen molar-refractivity contribution in [2.45, 2.75) is 57.8 Å². The second-order valence-electron chi connectivity index (χ2n) is 5.33. The summed E-state index contributed by atoms with van der Waals surface area (Å²) in [6.45, 7) is 3.29. The third kappa shape index (κ3) is 4.48. The number of nitrogens with two attached hydrogens (primary N) is 1. The fourth-order valence-electron chi connectivity index (χ4n) is 2.65. The molecule has 0 aliphatic heterocycles. The third-order valence-electron chi connectivity index (χ3n) is 3.50. The Kier molecular flexibility index (Phi) is 5.01. The normalized spacial score (nSPS) is 30.9. The molecule has 3 N–H and O–H groups in total. The van der Waals surface area contributed by atoms with Crippen LogP contribution >= 0.6 is 0 Å². The molecule has 1 rings (SSSR count). The predicted octanol–water partition coefficient (Wildman–Crippen LogP) is 2.21. The first-order chi connectivity index (χ1) is 8.20. The van der Waals surface area contributed by atoms with Crippen LogP contribution in [0.4, 0.5) is 13.2 Å². The molecule has 0 spiro atoms. The zero-order chi connectivity index (χ0) is 13.9. The van der Waals surface area contributed by atoms with Crippen LogP contribution in [0, 0.1) is 11.8 Å². The van der Waals surface area contributed by atoms with Crippen LogP contribution in [0.3, 0.4) is 0 Å². The Balaban J connectivity index is 2.53. The smallest absolute Gasteiger partial charge is 0.353 e. The lowest BCUT2D eigenvalue weighted by Crippen LogP contribution is -2.49. The molecule has 0 radical (unpaired) electrons. The minimum Gasteiger partial charge on any atom is -0.353 e. The molecule has 0 aromatic rings. The summed E-state index contributed by atoms with van der Waals surface area (Å²) in [4.78, 5) is 12.0. The van der Waals surface area contributed by atoms with E-state index in [0.29, 0.717) is 0 Å². The van der Waals surface area contributed by atoms with Crippen LogP contribution in [0.25, 0.3) is 0 Å². The summed E-state index contributed by atoms with van der Waals surface area (Å²) in [5, 5.41) is 2.43. The van der Waals surface area contributed by atoms with Crippen LogP contribution in [-0.4, -0.2) is 24.2 Å². The van der Waals surface area contributed by atoms with Crippen molar-refractivity contribution in [1.29, 1.82) is 0 Å². The minimum absolute atomic E-state index is 0.131. The molecule has 0 aromatic heterocycles. The summed E-state index contributed by atoms with van der Waals surface area (Å²) in [7, 11) is 0. The van der Waals surface area contributed by atoms with Crippen LogP contribution < -0.4 is 11.1 Å². The molecule has 18 heavy (non-hydrogen) atoms. The first-order valence-corrected chi connectivity index (χ1v) is 6.33. The van der Waals surface area contributed by atoms with E-state index in [9.17, 15) is 18.0 Å². The molecular formula is C12H21F3N2O. The third-order valence-corrected chi connectivity index (χ3v) is 3.50. The Morgan fingerprint density at radius 2 is 2.06 bits per heavy atom. The van der Waals surface area contributed by atoms with Gasteiger partial charge in [0.05, 0.1) is 12.3 Å². The molecule has 3 nitrogen and oxygen atoms in total. The van der Waals surface area contributed by atoms with Crippen molar-refractivity contribution in [2.24, 2.45) is 17.6 Å². The van der Waals surface area contributed by atoms with Crippen LogP contribution in [-0.2, 0) is 4.79 Å². The average molecular weight is 266 g/mol. The van der Waals surface area contributed by atoms with E-state index in [1.54, 1.807) is 0 Å². The highest BCUT2D eigenvalue weighted by Gasteiger charge is 2.36. The van der Waals surface area contributed by atoms with Gasteiger partial charge in [-0.15, -0.1) is 0 Å². The molecule has 1 fully saturated rings. The van der Waals surface area contributed by atoms with Gasteiger partial charge in [0, 0.05) is 12.1 Å². The predicted molar refractivity (Wildman–Crippen MR) is 62.8 cm³/mol. The molecule has 1 aliphatic rings. The van der Waals surface area contributed by atoms with Crippen LogP contribution in [0.5, 0.6) is 0 Å². The zero-order valence-corrected chi connectivity index (χ0v) is 10.8. The molecule has 106 valence electrons. The monoisotopic (exact) mass is 266 g/mol. The first kappa shape index (κ1) is 15.3. The van der Waals surface area contributed by atoms with E-state index < -0.39 is 18.6 Å². The van der Waals surface area contributed by atoms with E-state index >= 15 is 0 Å². The van der Waals surface area contributed by atoms with E-state index in [-0.39, 0.29) is 23.8 Å². The molecule has 6 heteroatoms. The highest BCUT2D eigenvalue weighted by atomic mass is 19.4. The number of amides is 1. The van der Waals surface area contributed by atoms with Gasteiger partial charge < -0.3 is 11.1 Å². The van der Waals surface area contributed by atoms with E-state index in [2.05, 4.69) is 5.32 Å². The maximum atomic E-state index is 12.2. The van der Waals surface area contributed by atoms with Crippen molar-refractivity contribution in [3.63, 3.8) is 0 Å². The highest BCUT2D eigenvalue weighted by molar-refractivity contribution is 5.80. The molecule has 4 atom stereocenters. The molecule has 1 aliphatic carbocycles. The summed E-state index contributed by atoms with van der Waals surface area (Å²) in [5.74, 6) is -0.576. The Morgan fingerprint density at radius 3 is 2.56 bits per heavy atom. The van der Waals surface area contributed by atoms with Crippen molar-refractivity contribution in [3.8, 4) is 0 Å². The van der Waals surface area contributed by atoms with Crippen molar-refractivity contribution >= 4 is 5.91 Å². The van der Waals surface area contributed by atoms with Gasteiger partial charge in [-0.05, 0) is 25.7 Å². The highest BCUT2D eigenvalue weighted by Crippen LogP contribution is 2.29. The standard InChI is InChI=1S/C12H21F3N2O/c1-7-4-3-5-9(16)10(7)11(18)17-8(2)6-12(13,14)15/h7-10H,3-6,16H2,1-2H3,(H,17,18). The number of halogens is 3. The van der Waals surface area contributed by atoms with E-state index in [4.69, 9.17) is 5.73 Å². The van der Waals surface area contributed by atoms with Gasteiger partial charge >= 0.3 is 6.18 Å². The summed E-state index contributed by atoms with van der Waals surface area (Å²) < 4.78 is 36.5. The van der Waals surface area contributed by atoms with Gasteiger partial charge in [-0.2, -0.15) is 13.2 Å². The summed E-state index contributed by atoms with van der Waals surface area (Å²) >= 11 is 0. The van der Waals surface area contributed by atoms with E-state index in [0.717, 1.165) is 19.3 Å². The van der Waals surface area contributed by atoms with Crippen LogP contribution in [0.1, 0.15) is 39.5 Å². The molecule has 0 bridgehead atoms. The fourth-order valence-corrected chi connectivity index (χ4v) is 2.65. The summed E-state index contributed by atoms with van der Waals surface area (Å²) in [6.07, 6.45) is -2.62. The lowest BCUT2D eigenvalue weighted by Gasteiger charge is -2.34. The minimum atomic E-state index is -4.26. The maximum Gasteiger partial charge on any atom is 0.391 e. The van der Waals surface area contributed by atoms with Crippen molar-refractivity contribution in [1.82, 2.24) is 5.32 Å². The van der Waals surface area contributed by atoms with Gasteiger partial charge in [0.1, 0.15) is 0 Å². The molecule has 1 saturated carbocycles. The number of carbonyl (C=O) groups is 1. The largest absolute Gasteiger partial charge is 0.391 e. The molecular weight excluding hydrogens is 245 g/mol. The maximum absolute atomic E-state index is 12.2. The molecule has 0 aromatic carbocycles. The number of hydrogen-bond acceptors (Lipinski definition) is 2. The first-order valence-electron chi connectivity index (χ1n) is 6.33. The van der Waals surface area contributed by atoms with Gasteiger partial charge in [0.25, 0.3) is 0 Å². The lowest BCUT2D eigenvalue weighted by molar-refractivity contribution is -0.143. The van der Waals surface area contributed by atoms with Crippen molar-refractivity contribution in [3.05, 3.63) is 0 Å². The number of rotatable bonds is 3. The number of hydrogen-bond donors (Lipinski definition) is 2.